The van der Waals surface area contributed by atoms with Gasteiger partial charge in [0, 0.05) is 54.0 Å². The summed E-state index contributed by atoms with van der Waals surface area (Å²) in [6.45, 7) is 9.33. The van der Waals surface area contributed by atoms with Gasteiger partial charge in [-0.2, -0.15) is 0 Å². The van der Waals surface area contributed by atoms with Crippen LogP contribution in [0.15, 0.2) is 30.5 Å². The van der Waals surface area contributed by atoms with Crippen molar-refractivity contribution < 1.29 is 4.79 Å². The molecule has 0 atom stereocenters. The van der Waals surface area contributed by atoms with E-state index in [9.17, 15) is 4.79 Å². The molecule has 5 heteroatoms. The predicted molar refractivity (Wildman–Crippen MR) is 109 cm³/mol. The number of rotatable bonds is 6. The fourth-order valence-corrected chi connectivity index (χ4v) is 3.62. The number of urea groups is 1. The molecule has 3 rings (SSSR count). The third-order valence-corrected chi connectivity index (χ3v) is 5.30. The molecule has 1 aliphatic heterocycles. The summed E-state index contributed by atoms with van der Waals surface area (Å²) in [5, 5.41) is 1.16. The van der Waals surface area contributed by atoms with Crippen molar-refractivity contribution in [3.8, 4) is 0 Å². The van der Waals surface area contributed by atoms with E-state index in [1.165, 1.54) is 11.1 Å². The number of carbonyl (C=O) groups is 1. The summed E-state index contributed by atoms with van der Waals surface area (Å²) in [4.78, 5) is 19.4. The zero-order valence-electron chi connectivity index (χ0n) is 16.1. The smallest absolute Gasteiger partial charge is 0.319 e. The number of hydrogen-bond acceptors (Lipinski definition) is 2. The number of carbonyl (C=O) groups excluding carboxylic acids is 1. The van der Waals surface area contributed by atoms with E-state index in [4.69, 9.17) is 5.73 Å². The van der Waals surface area contributed by atoms with Gasteiger partial charge in [-0.3, -0.25) is 9.80 Å². The van der Waals surface area contributed by atoms with Gasteiger partial charge in [-0.15, -0.1) is 0 Å². The van der Waals surface area contributed by atoms with Crippen molar-refractivity contribution in [3.05, 3.63) is 36.0 Å². The second-order valence-corrected chi connectivity index (χ2v) is 7.34. The van der Waals surface area contributed by atoms with Crippen molar-refractivity contribution >= 4 is 28.2 Å². The molecule has 0 saturated heterocycles. The molecule has 0 fully saturated rings. The predicted octanol–water partition coefficient (Wildman–Crippen LogP) is 4.35. The minimum atomic E-state index is -0.389. The Hall–Kier alpha value is -2.27. The maximum Gasteiger partial charge on any atom is 0.319 e. The standard InChI is InChI=1S/C21H30N4O/c1-4-5-10-25(21(22)26)17-6-7-20-18(13-17)19(14-23-20)16-8-11-24(12-9-16)15(2)3/h6-8,13-15,23H,4-5,9-12H2,1-3H3,(H2,22,26). The second-order valence-electron chi connectivity index (χ2n) is 7.34. The molecule has 2 heterocycles. The zero-order valence-corrected chi connectivity index (χ0v) is 16.1. The third kappa shape index (κ3) is 3.78. The van der Waals surface area contributed by atoms with Gasteiger partial charge in [-0.1, -0.05) is 19.4 Å². The Labute approximate surface area is 155 Å². The van der Waals surface area contributed by atoms with Gasteiger partial charge in [0.25, 0.3) is 0 Å². The monoisotopic (exact) mass is 354 g/mol. The third-order valence-electron chi connectivity index (χ3n) is 5.30. The van der Waals surface area contributed by atoms with Crippen LogP contribution in [0.5, 0.6) is 0 Å². The number of aromatic amines is 1. The summed E-state index contributed by atoms with van der Waals surface area (Å²) in [7, 11) is 0. The Kier molecular flexibility index (Phi) is 5.67. The number of primary amides is 1. The van der Waals surface area contributed by atoms with Crippen LogP contribution in [0.1, 0.15) is 45.6 Å². The first-order valence-corrected chi connectivity index (χ1v) is 9.62. The van der Waals surface area contributed by atoms with Crippen LogP contribution in [0.25, 0.3) is 16.5 Å². The number of benzene rings is 1. The highest BCUT2D eigenvalue weighted by Gasteiger charge is 2.18. The molecule has 2 amide bonds. The number of anilines is 1. The number of unbranched alkanes of at least 4 members (excludes halogenated alkanes) is 1. The minimum Gasteiger partial charge on any atom is -0.361 e. The van der Waals surface area contributed by atoms with Crippen molar-refractivity contribution in [3.63, 3.8) is 0 Å². The molecule has 0 bridgehead atoms. The summed E-state index contributed by atoms with van der Waals surface area (Å²) < 4.78 is 0. The van der Waals surface area contributed by atoms with E-state index in [1.807, 2.05) is 12.1 Å². The largest absolute Gasteiger partial charge is 0.361 e. The van der Waals surface area contributed by atoms with E-state index >= 15 is 0 Å². The molecule has 0 radical (unpaired) electrons. The fourth-order valence-electron chi connectivity index (χ4n) is 3.62. The maximum absolute atomic E-state index is 11.9. The summed E-state index contributed by atoms with van der Waals surface area (Å²) in [5.74, 6) is 0. The molecule has 0 saturated carbocycles. The SMILES string of the molecule is CCCCN(C(N)=O)c1ccc2[nH]cc(C3=CCN(C(C)C)CC3)c2c1. The van der Waals surface area contributed by atoms with E-state index in [0.29, 0.717) is 12.6 Å². The molecule has 3 N–H and O–H groups in total. The summed E-state index contributed by atoms with van der Waals surface area (Å²) >= 11 is 0. The van der Waals surface area contributed by atoms with E-state index in [1.54, 1.807) is 4.90 Å². The topological polar surface area (TPSA) is 65.4 Å². The number of nitrogens with two attached hydrogens (primary N) is 1. The van der Waals surface area contributed by atoms with Gasteiger partial charge in [0.15, 0.2) is 0 Å². The first-order valence-electron chi connectivity index (χ1n) is 9.62. The Balaban J connectivity index is 1.92. The van der Waals surface area contributed by atoms with Crippen molar-refractivity contribution in [1.29, 1.82) is 0 Å². The molecule has 2 aromatic rings. The van der Waals surface area contributed by atoms with Gasteiger partial charge < -0.3 is 10.7 Å². The second kappa shape index (κ2) is 7.96. The Morgan fingerprint density at radius 2 is 2.19 bits per heavy atom. The van der Waals surface area contributed by atoms with Crippen LogP contribution in [-0.2, 0) is 0 Å². The van der Waals surface area contributed by atoms with Crippen LogP contribution in [0, 0.1) is 0 Å². The average molecular weight is 354 g/mol. The molecule has 1 aromatic heterocycles. The minimum absolute atomic E-state index is 0.389. The van der Waals surface area contributed by atoms with Crippen LogP contribution in [0.2, 0.25) is 0 Å². The van der Waals surface area contributed by atoms with Crippen LogP contribution in [-0.4, -0.2) is 41.6 Å². The highest BCUT2D eigenvalue weighted by atomic mass is 16.2. The lowest BCUT2D eigenvalue weighted by Crippen LogP contribution is -2.36. The zero-order chi connectivity index (χ0) is 18.7. The maximum atomic E-state index is 11.9. The number of nitrogens with one attached hydrogen (secondary N) is 1. The van der Waals surface area contributed by atoms with E-state index in [-0.39, 0.29) is 6.03 Å². The summed E-state index contributed by atoms with van der Waals surface area (Å²) in [5.41, 5.74) is 10.2. The van der Waals surface area contributed by atoms with Crippen molar-refractivity contribution in [2.45, 2.75) is 46.1 Å². The highest BCUT2D eigenvalue weighted by Crippen LogP contribution is 2.32. The first kappa shape index (κ1) is 18.5. The van der Waals surface area contributed by atoms with Gasteiger partial charge in [0.05, 0.1) is 0 Å². The molecule has 140 valence electrons. The van der Waals surface area contributed by atoms with E-state index in [2.05, 4.69) is 49.0 Å². The molecule has 0 spiro atoms. The number of hydrogen-bond donors (Lipinski definition) is 2. The van der Waals surface area contributed by atoms with Gasteiger partial charge >= 0.3 is 6.03 Å². The summed E-state index contributed by atoms with van der Waals surface area (Å²) in [6, 6.07) is 6.29. The van der Waals surface area contributed by atoms with Crippen molar-refractivity contribution in [2.75, 3.05) is 24.5 Å². The Morgan fingerprint density at radius 1 is 1.38 bits per heavy atom. The van der Waals surface area contributed by atoms with Gasteiger partial charge in [0.1, 0.15) is 0 Å². The lowest BCUT2D eigenvalue weighted by atomic mass is 9.98. The van der Waals surface area contributed by atoms with Gasteiger partial charge in [-0.25, -0.2) is 4.79 Å². The number of fused-ring (bicyclic) bond motifs is 1. The Bertz CT molecular complexity index is 805. The molecule has 1 aromatic carbocycles. The number of amides is 2. The highest BCUT2D eigenvalue weighted by molar-refractivity contribution is 5.98. The van der Waals surface area contributed by atoms with Crippen molar-refractivity contribution in [2.24, 2.45) is 5.73 Å². The lowest BCUT2D eigenvalue weighted by molar-refractivity contribution is 0.245. The fraction of sp³-hybridized carbons (Fsp3) is 0.476. The van der Waals surface area contributed by atoms with Gasteiger partial charge in [-0.05, 0) is 50.5 Å². The normalized spacial score (nSPS) is 15.5. The first-order chi connectivity index (χ1) is 12.5. The van der Waals surface area contributed by atoms with Crippen LogP contribution in [0.3, 0.4) is 0 Å². The number of aromatic nitrogens is 1. The molecule has 0 unspecified atom stereocenters. The molecular formula is C21H30N4O. The molecule has 0 aliphatic carbocycles. The number of nitrogens with zero attached hydrogens (tertiary/aromatic N) is 2. The average Bonchev–Trinajstić information content (AvgIpc) is 3.05. The van der Waals surface area contributed by atoms with E-state index < -0.39 is 0 Å². The van der Waals surface area contributed by atoms with Crippen LogP contribution in [0.4, 0.5) is 10.5 Å². The molecule has 5 nitrogen and oxygen atoms in total. The number of H-pyrrole nitrogens is 1. The van der Waals surface area contributed by atoms with Crippen LogP contribution >= 0.6 is 0 Å². The van der Waals surface area contributed by atoms with Gasteiger partial charge in [0.2, 0.25) is 0 Å². The Morgan fingerprint density at radius 3 is 2.81 bits per heavy atom. The van der Waals surface area contributed by atoms with Crippen LogP contribution < -0.4 is 10.6 Å². The molecule has 26 heavy (non-hydrogen) atoms. The lowest BCUT2D eigenvalue weighted by Gasteiger charge is -2.29. The molecule has 1 aliphatic rings. The quantitative estimate of drug-likeness (QED) is 0.810. The summed E-state index contributed by atoms with van der Waals surface area (Å²) in [6.07, 6.45) is 7.44. The van der Waals surface area contributed by atoms with E-state index in [0.717, 1.165) is 48.9 Å². The van der Waals surface area contributed by atoms with Crippen molar-refractivity contribution in [1.82, 2.24) is 9.88 Å². The molecular weight excluding hydrogens is 324 g/mol.